The van der Waals surface area contributed by atoms with Crippen LogP contribution in [0.5, 0.6) is 5.75 Å². The fourth-order valence-electron chi connectivity index (χ4n) is 2.83. The molecule has 0 atom stereocenters. The van der Waals surface area contributed by atoms with Crippen LogP contribution in [0.1, 0.15) is 43.0 Å². The number of nitrogens with two attached hydrogens (primary N) is 1. The number of rotatable bonds is 4. The first-order valence-corrected chi connectivity index (χ1v) is 7.32. The number of para-hydroxylation sites is 1. The van der Waals surface area contributed by atoms with Crippen LogP contribution in [0.2, 0.25) is 0 Å². The Balaban J connectivity index is 1.94. The number of carbonyl (C=O) groups excluding carboxylic acids is 1. The Hall–Kier alpha value is -1.71. The predicted molar refractivity (Wildman–Crippen MR) is 80.9 cm³/mol. The number of benzene rings is 1. The van der Waals surface area contributed by atoms with E-state index in [0.717, 1.165) is 12.5 Å². The highest BCUT2D eigenvalue weighted by atomic mass is 16.5. The van der Waals surface area contributed by atoms with E-state index < -0.39 is 0 Å². The van der Waals surface area contributed by atoms with Crippen molar-refractivity contribution in [3.63, 3.8) is 0 Å². The second-order valence-electron chi connectivity index (χ2n) is 5.76. The van der Waals surface area contributed by atoms with Gasteiger partial charge in [-0.3, -0.25) is 4.79 Å². The fourth-order valence-corrected chi connectivity index (χ4v) is 2.83. The Labute approximate surface area is 120 Å². The molecule has 2 rings (SSSR count). The molecule has 0 radical (unpaired) electrons. The minimum absolute atomic E-state index is 0.104. The number of carbonyl (C=O) groups is 1. The average Bonchev–Trinajstić information content (AvgIpc) is 2.46. The first-order chi connectivity index (χ1) is 9.61. The minimum Gasteiger partial charge on any atom is -0.494 e. The van der Waals surface area contributed by atoms with Gasteiger partial charge in [-0.1, -0.05) is 25.8 Å². The number of methoxy groups -OCH3 is 1. The van der Waals surface area contributed by atoms with Crippen molar-refractivity contribution in [3.05, 3.63) is 23.8 Å². The number of nitrogens with one attached hydrogen (secondary N) is 1. The van der Waals surface area contributed by atoms with Crippen LogP contribution in [0.25, 0.3) is 0 Å². The second-order valence-corrected chi connectivity index (χ2v) is 5.76. The van der Waals surface area contributed by atoms with Gasteiger partial charge in [-0.05, 0) is 36.8 Å². The van der Waals surface area contributed by atoms with Crippen LogP contribution in [0.15, 0.2) is 18.2 Å². The zero-order valence-corrected chi connectivity index (χ0v) is 12.3. The Morgan fingerprint density at radius 1 is 1.35 bits per heavy atom. The van der Waals surface area contributed by atoms with Crippen LogP contribution in [0.4, 0.5) is 5.69 Å². The van der Waals surface area contributed by atoms with Gasteiger partial charge >= 0.3 is 0 Å². The molecule has 0 aliphatic heterocycles. The zero-order chi connectivity index (χ0) is 14.5. The minimum atomic E-state index is -0.104. The molecule has 4 nitrogen and oxygen atoms in total. The van der Waals surface area contributed by atoms with E-state index in [-0.39, 0.29) is 5.91 Å². The molecule has 20 heavy (non-hydrogen) atoms. The van der Waals surface area contributed by atoms with Crippen molar-refractivity contribution in [2.45, 2.75) is 32.6 Å². The van der Waals surface area contributed by atoms with Gasteiger partial charge in [0.1, 0.15) is 0 Å². The van der Waals surface area contributed by atoms with E-state index in [1.807, 2.05) is 0 Å². The molecule has 1 saturated carbocycles. The van der Waals surface area contributed by atoms with Crippen LogP contribution in [-0.2, 0) is 0 Å². The molecule has 0 heterocycles. The summed E-state index contributed by atoms with van der Waals surface area (Å²) < 4.78 is 5.22. The molecule has 1 aliphatic rings. The third-order valence-corrected chi connectivity index (χ3v) is 4.18. The normalized spacial score (nSPS) is 22.3. The van der Waals surface area contributed by atoms with Crippen molar-refractivity contribution in [2.24, 2.45) is 11.8 Å². The highest BCUT2D eigenvalue weighted by Gasteiger charge is 2.20. The molecular formula is C16H24N2O2. The number of hydrogen-bond acceptors (Lipinski definition) is 3. The standard InChI is InChI=1S/C16H24N2O2/c1-11-6-8-12(9-7-11)10-18-16(19)13-4-3-5-14(17)15(13)20-2/h3-5,11-12H,6-10,17H2,1-2H3,(H,18,19). The number of nitrogen functional groups attached to an aromatic ring is 1. The molecular weight excluding hydrogens is 252 g/mol. The summed E-state index contributed by atoms with van der Waals surface area (Å²) in [5.41, 5.74) is 6.82. The number of amides is 1. The lowest BCUT2D eigenvalue weighted by atomic mass is 9.83. The van der Waals surface area contributed by atoms with E-state index in [0.29, 0.717) is 22.9 Å². The summed E-state index contributed by atoms with van der Waals surface area (Å²) in [5.74, 6) is 1.79. The van der Waals surface area contributed by atoms with Crippen LogP contribution >= 0.6 is 0 Å². The van der Waals surface area contributed by atoms with Gasteiger partial charge in [-0.15, -0.1) is 0 Å². The Morgan fingerprint density at radius 2 is 2.05 bits per heavy atom. The molecule has 1 aromatic carbocycles. The molecule has 0 spiro atoms. The SMILES string of the molecule is COc1c(N)cccc1C(=O)NCC1CCC(C)CC1. The monoisotopic (exact) mass is 276 g/mol. The molecule has 1 amide bonds. The van der Waals surface area contributed by atoms with Gasteiger partial charge < -0.3 is 15.8 Å². The molecule has 1 aliphatic carbocycles. The van der Waals surface area contributed by atoms with E-state index in [4.69, 9.17) is 10.5 Å². The Kier molecular flexibility index (Phi) is 4.88. The van der Waals surface area contributed by atoms with Crippen LogP contribution in [-0.4, -0.2) is 19.6 Å². The predicted octanol–water partition coefficient (Wildman–Crippen LogP) is 2.83. The van der Waals surface area contributed by atoms with Gasteiger partial charge in [-0.2, -0.15) is 0 Å². The van der Waals surface area contributed by atoms with E-state index in [1.165, 1.54) is 32.8 Å². The lowest BCUT2D eigenvalue weighted by Crippen LogP contribution is -2.31. The van der Waals surface area contributed by atoms with E-state index in [1.54, 1.807) is 18.2 Å². The maximum atomic E-state index is 12.2. The quantitative estimate of drug-likeness (QED) is 0.831. The number of hydrogen-bond donors (Lipinski definition) is 2. The van der Waals surface area contributed by atoms with Crippen molar-refractivity contribution in [2.75, 3.05) is 19.4 Å². The molecule has 1 aromatic rings. The van der Waals surface area contributed by atoms with E-state index >= 15 is 0 Å². The highest BCUT2D eigenvalue weighted by molar-refractivity contribution is 5.98. The van der Waals surface area contributed by atoms with Gasteiger partial charge in [-0.25, -0.2) is 0 Å². The van der Waals surface area contributed by atoms with Gasteiger partial charge in [0.05, 0.1) is 18.4 Å². The molecule has 1 fully saturated rings. The molecule has 0 saturated heterocycles. The molecule has 110 valence electrons. The highest BCUT2D eigenvalue weighted by Crippen LogP contribution is 2.28. The first kappa shape index (κ1) is 14.7. The first-order valence-electron chi connectivity index (χ1n) is 7.32. The zero-order valence-electron chi connectivity index (χ0n) is 12.3. The molecule has 4 heteroatoms. The average molecular weight is 276 g/mol. The molecule has 0 bridgehead atoms. The Bertz CT molecular complexity index is 466. The third-order valence-electron chi connectivity index (χ3n) is 4.18. The van der Waals surface area contributed by atoms with Gasteiger partial charge in [0.25, 0.3) is 5.91 Å². The summed E-state index contributed by atoms with van der Waals surface area (Å²) in [7, 11) is 1.53. The largest absolute Gasteiger partial charge is 0.494 e. The fraction of sp³-hybridized carbons (Fsp3) is 0.562. The topological polar surface area (TPSA) is 64.3 Å². The lowest BCUT2D eigenvalue weighted by molar-refractivity contribution is 0.0939. The molecule has 3 N–H and O–H groups in total. The van der Waals surface area contributed by atoms with Crippen molar-refractivity contribution in [1.82, 2.24) is 5.32 Å². The van der Waals surface area contributed by atoms with Crippen LogP contribution in [0.3, 0.4) is 0 Å². The summed E-state index contributed by atoms with van der Waals surface area (Å²) in [4.78, 5) is 12.2. The molecule has 0 unspecified atom stereocenters. The van der Waals surface area contributed by atoms with Crippen LogP contribution < -0.4 is 15.8 Å². The van der Waals surface area contributed by atoms with Gasteiger partial charge in [0.15, 0.2) is 5.75 Å². The van der Waals surface area contributed by atoms with E-state index in [9.17, 15) is 4.79 Å². The maximum absolute atomic E-state index is 12.2. The number of ether oxygens (including phenoxy) is 1. The summed E-state index contributed by atoms with van der Waals surface area (Å²) in [6, 6.07) is 5.25. The van der Waals surface area contributed by atoms with Crippen molar-refractivity contribution in [3.8, 4) is 5.75 Å². The summed E-state index contributed by atoms with van der Waals surface area (Å²) >= 11 is 0. The Morgan fingerprint density at radius 3 is 2.70 bits per heavy atom. The second kappa shape index (κ2) is 6.64. The smallest absolute Gasteiger partial charge is 0.255 e. The summed E-state index contributed by atoms with van der Waals surface area (Å²) in [6.07, 6.45) is 4.94. The van der Waals surface area contributed by atoms with Crippen molar-refractivity contribution < 1.29 is 9.53 Å². The van der Waals surface area contributed by atoms with Gasteiger partial charge in [0.2, 0.25) is 0 Å². The molecule has 0 aromatic heterocycles. The maximum Gasteiger partial charge on any atom is 0.255 e. The summed E-state index contributed by atoms with van der Waals surface area (Å²) in [6.45, 7) is 3.04. The van der Waals surface area contributed by atoms with Gasteiger partial charge in [0, 0.05) is 6.54 Å². The van der Waals surface area contributed by atoms with Crippen molar-refractivity contribution in [1.29, 1.82) is 0 Å². The van der Waals surface area contributed by atoms with Crippen molar-refractivity contribution >= 4 is 11.6 Å². The summed E-state index contributed by atoms with van der Waals surface area (Å²) in [5, 5.41) is 3.01. The third kappa shape index (κ3) is 3.44. The van der Waals surface area contributed by atoms with Crippen LogP contribution in [0, 0.1) is 11.8 Å². The number of anilines is 1. The lowest BCUT2D eigenvalue weighted by Gasteiger charge is -2.26. The van der Waals surface area contributed by atoms with E-state index in [2.05, 4.69) is 12.2 Å².